The van der Waals surface area contributed by atoms with Gasteiger partial charge in [0.05, 0.1) is 13.2 Å². The van der Waals surface area contributed by atoms with E-state index in [2.05, 4.69) is 10.1 Å². The number of carbonyl (C=O) groups excluding carboxylic acids is 1. The Morgan fingerprint density at radius 1 is 1.18 bits per heavy atom. The van der Waals surface area contributed by atoms with Crippen molar-refractivity contribution in [3.8, 4) is 0 Å². The van der Waals surface area contributed by atoms with Crippen molar-refractivity contribution in [2.45, 2.75) is 51.0 Å². The first-order valence-electron chi connectivity index (χ1n) is 10.1. The third-order valence-electron chi connectivity index (χ3n) is 5.90. The fourth-order valence-corrected chi connectivity index (χ4v) is 4.05. The molecule has 28 heavy (non-hydrogen) atoms. The highest BCUT2D eigenvalue weighted by Gasteiger charge is 2.31. The quantitative estimate of drug-likeness (QED) is 0.799. The summed E-state index contributed by atoms with van der Waals surface area (Å²) in [4.78, 5) is 32.0. The van der Waals surface area contributed by atoms with Crippen LogP contribution in [0.3, 0.4) is 0 Å². The van der Waals surface area contributed by atoms with E-state index < -0.39 is 5.63 Å². The fourth-order valence-electron chi connectivity index (χ4n) is 4.05. The first-order chi connectivity index (χ1) is 13.6. The van der Waals surface area contributed by atoms with Crippen LogP contribution in [0.1, 0.15) is 64.4 Å². The SMILES string of the molecule is Cc1cc(C2CCOC2)oc(=O)c1C(=O)N1CCc2nc(C3CC3)nn2CC1. The summed E-state index contributed by atoms with van der Waals surface area (Å²) >= 11 is 0. The van der Waals surface area contributed by atoms with E-state index in [-0.39, 0.29) is 17.4 Å². The lowest BCUT2D eigenvalue weighted by Crippen LogP contribution is -2.37. The summed E-state index contributed by atoms with van der Waals surface area (Å²) < 4.78 is 12.8. The van der Waals surface area contributed by atoms with Crippen LogP contribution in [0.2, 0.25) is 0 Å². The predicted octanol–water partition coefficient (Wildman–Crippen LogP) is 1.62. The molecular formula is C20H24N4O4. The van der Waals surface area contributed by atoms with Crippen LogP contribution < -0.4 is 5.63 Å². The maximum Gasteiger partial charge on any atom is 0.349 e. The molecule has 8 nitrogen and oxygen atoms in total. The summed E-state index contributed by atoms with van der Waals surface area (Å²) in [6.07, 6.45) is 3.83. The number of rotatable bonds is 3. The summed E-state index contributed by atoms with van der Waals surface area (Å²) in [5.41, 5.74) is 0.246. The summed E-state index contributed by atoms with van der Waals surface area (Å²) in [6.45, 7) is 4.67. The van der Waals surface area contributed by atoms with Crippen molar-refractivity contribution >= 4 is 5.91 Å². The van der Waals surface area contributed by atoms with Crippen LogP contribution >= 0.6 is 0 Å². The molecule has 1 aliphatic carbocycles. The third kappa shape index (κ3) is 3.15. The minimum absolute atomic E-state index is 0.0949. The van der Waals surface area contributed by atoms with Gasteiger partial charge < -0.3 is 14.1 Å². The van der Waals surface area contributed by atoms with Crippen LogP contribution in [0.25, 0.3) is 0 Å². The average molecular weight is 384 g/mol. The molecule has 8 heteroatoms. The molecule has 1 unspecified atom stereocenters. The number of fused-ring (bicyclic) bond motifs is 1. The lowest BCUT2D eigenvalue weighted by molar-refractivity contribution is 0.0752. The Bertz CT molecular complexity index is 944. The summed E-state index contributed by atoms with van der Waals surface area (Å²) in [5, 5.41) is 4.61. The zero-order chi connectivity index (χ0) is 19.3. The van der Waals surface area contributed by atoms with Gasteiger partial charge in [-0.2, -0.15) is 5.10 Å². The standard InChI is InChI=1S/C20H24N4O4/c1-12-10-15(14-5-9-27-11-14)28-20(26)17(12)19(25)23-6-4-16-21-18(13-2-3-13)22-24(16)8-7-23/h10,13-14H,2-9,11H2,1H3. The zero-order valence-electron chi connectivity index (χ0n) is 16.0. The van der Waals surface area contributed by atoms with Crippen molar-refractivity contribution in [1.29, 1.82) is 0 Å². The van der Waals surface area contributed by atoms with E-state index in [1.807, 2.05) is 10.7 Å². The van der Waals surface area contributed by atoms with Crippen molar-refractivity contribution in [3.05, 3.63) is 45.0 Å². The van der Waals surface area contributed by atoms with Gasteiger partial charge in [-0.3, -0.25) is 4.79 Å². The molecule has 0 bridgehead atoms. The molecule has 5 rings (SSSR count). The molecule has 3 aliphatic rings. The summed E-state index contributed by atoms with van der Waals surface area (Å²) in [5.74, 6) is 2.83. The van der Waals surface area contributed by atoms with E-state index in [0.717, 1.165) is 18.1 Å². The zero-order valence-corrected chi connectivity index (χ0v) is 16.0. The Balaban J connectivity index is 1.34. The van der Waals surface area contributed by atoms with Crippen LogP contribution in [0, 0.1) is 6.92 Å². The topological polar surface area (TPSA) is 90.5 Å². The number of hydrogen-bond acceptors (Lipinski definition) is 6. The molecule has 0 spiro atoms. The molecule has 1 amide bonds. The molecule has 0 aromatic carbocycles. The van der Waals surface area contributed by atoms with Crippen LogP contribution in [0.4, 0.5) is 0 Å². The predicted molar refractivity (Wildman–Crippen MR) is 99.5 cm³/mol. The Kier molecular flexibility index (Phi) is 4.30. The van der Waals surface area contributed by atoms with E-state index in [4.69, 9.17) is 9.15 Å². The van der Waals surface area contributed by atoms with Crippen LogP contribution in [-0.2, 0) is 17.7 Å². The van der Waals surface area contributed by atoms with Crippen LogP contribution in [0.15, 0.2) is 15.3 Å². The number of ether oxygens (including phenoxy) is 1. The molecular weight excluding hydrogens is 360 g/mol. The van der Waals surface area contributed by atoms with E-state index in [9.17, 15) is 9.59 Å². The van der Waals surface area contributed by atoms with E-state index >= 15 is 0 Å². The number of aromatic nitrogens is 3. The lowest BCUT2D eigenvalue weighted by Gasteiger charge is -2.20. The van der Waals surface area contributed by atoms with Crippen molar-refractivity contribution in [1.82, 2.24) is 19.7 Å². The normalized spacial score (nSPS) is 22.2. The summed E-state index contributed by atoms with van der Waals surface area (Å²) in [6, 6.07) is 1.82. The Morgan fingerprint density at radius 3 is 2.75 bits per heavy atom. The highest BCUT2D eigenvalue weighted by Crippen LogP contribution is 2.38. The molecule has 1 saturated heterocycles. The van der Waals surface area contributed by atoms with Gasteiger partial charge in [0.1, 0.15) is 17.1 Å². The monoisotopic (exact) mass is 384 g/mol. The lowest BCUT2D eigenvalue weighted by atomic mass is 10.0. The van der Waals surface area contributed by atoms with Crippen LogP contribution in [0.5, 0.6) is 0 Å². The Hall–Kier alpha value is -2.48. The number of aryl methyl sites for hydroxylation is 1. The van der Waals surface area contributed by atoms with Crippen molar-refractivity contribution in [2.24, 2.45) is 0 Å². The van der Waals surface area contributed by atoms with Crippen molar-refractivity contribution < 1.29 is 13.9 Å². The fraction of sp³-hybridized carbons (Fsp3) is 0.600. The van der Waals surface area contributed by atoms with E-state index in [0.29, 0.717) is 56.5 Å². The molecule has 2 aromatic heterocycles. The first-order valence-corrected chi connectivity index (χ1v) is 10.1. The van der Waals surface area contributed by atoms with Gasteiger partial charge in [-0.1, -0.05) is 0 Å². The van der Waals surface area contributed by atoms with Gasteiger partial charge in [0, 0.05) is 38.0 Å². The molecule has 148 valence electrons. The molecule has 2 aromatic rings. The maximum absolute atomic E-state index is 13.1. The maximum atomic E-state index is 13.1. The van der Waals surface area contributed by atoms with Crippen molar-refractivity contribution in [3.63, 3.8) is 0 Å². The number of amides is 1. The second-order valence-corrected chi connectivity index (χ2v) is 7.98. The highest BCUT2D eigenvalue weighted by atomic mass is 16.5. The molecule has 0 N–H and O–H groups in total. The van der Waals surface area contributed by atoms with Gasteiger partial charge in [-0.25, -0.2) is 14.5 Å². The molecule has 2 fully saturated rings. The summed E-state index contributed by atoms with van der Waals surface area (Å²) in [7, 11) is 0. The largest absolute Gasteiger partial charge is 0.427 e. The first kappa shape index (κ1) is 17.6. The Labute approximate surface area is 162 Å². The van der Waals surface area contributed by atoms with Gasteiger partial charge in [-0.05, 0) is 37.8 Å². The van der Waals surface area contributed by atoms with Gasteiger partial charge in [-0.15, -0.1) is 0 Å². The van der Waals surface area contributed by atoms with Gasteiger partial charge >= 0.3 is 5.63 Å². The van der Waals surface area contributed by atoms with E-state index in [1.165, 1.54) is 12.8 Å². The van der Waals surface area contributed by atoms with E-state index in [1.54, 1.807) is 11.8 Å². The second kappa shape index (κ2) is 6.84. The van der Waals surface area contributed by atoms with Gasteiger partial charge in [0.25, 0.3) is 5.91 Å². The smallest absolute Gasteiger partial charge is 0.349 e. The minimum atomic E-state index is -0.553. The highest BCUT2D eigenvalue weighted by molar-refractivity contribution is 5.95. The molecule has 4 heterocycles. The second-order valence-electron chi connectivity index (χ2n) is 7.98. The number of hydrogen-bond donors (Lipinski definition) is 0. The van der Waals surface area contributed by atoms with Crippen molar-refractivity contribution in [2.75, 3.05) is 26.3 Å². The molecule has 0 radical (unpaired) electrons. The number of carbonyl (C=O) groups is 1. The van der Waals surface area contributed by atoms with Crippen LogP contribution in [-0.4, -0.2) is 51.9 Å². The van der Waals surface area contributed by atoms with Gasteiger partial charge in [0.15, 0.2) is 5.82 Å². The molecule has 2 aliphatic heterocycles. The van der Waals surface area contributed by atoms with Gasteiger partial charge in [0.2, 0.25) is 0 Å². The minimum Gasteiger partial charge on any atom is -0.427 e. The number of nitrogens with zero attached hydrogens (tertiary/aromatic N) is 4. The molecule has 1 atom stereocenters. The Morgan fingerprint density at radius 2 is 2.04 bits per heavy atom. The average Bonchev–Trinajstić information content (AvgIpc) is 3.28. The third-order valence-corrected chi connectivity index (χ3v) is 5.90. The molecule has 1 saturated carbocycles.